The Labute approximate surface area is 256 Å². The van der Waals surface area contributed by atoms with E-state index in [0.717, 1.165) is 11.1 Å². The Morgan fingerprint density at radius 1 is 1.14 bits per heavy atom. The number of carbonyl (C=O) groups is 1. The van der Waals surface area contributed by atoms with Crippen LogP contribution in [0.25, 0.3) is 10.9 Å². The quantitative estimate of drug-likeness (QED) is 0.151. The number of methoxy groups -OCH3 is 1. The molecule has 1 saturated heterocycles. The second-order valence-corrected chi connectivity index (χ2v) is 10.4. The fourth-order valence-electron chi connectivity index (χ4n) is 5.08. The topological polar surface area (TPSA) is 67.8 Å². The number of hydrogen-bond acceptors (Lipinski definition) is 6. The molecule has 2 unspecified atom stereocenters. The molecule has 240 valence electrons. The number of benzene rings is 2. The van der Waals surface area contributed by atoms with Crippen LogP contribution in [0.4, 0.5) is 28.9 Å². The highest BCUT2D eigenvalue weighted by atomic mass is 19.4. The van der Waals surface area contributed by atoms with Gasteiger partial charge in [0.2, 0.25) is 0 Å². The number of piperidine rings is 1. The molecular weight excluding hydrogens is 576 g/mol. The van der Waals surface area contributed by atoms with E-state index < -0.39 is 30.9 Å². The molecule has 0 spiro atoms. The van der Waals surface area contributed by atoms with Gasteiger partial charge in [-0.25, -0.2) is 9.18 Å². The summed E-state index contributed by atoms with van der Waals surface area (Å²) >= 11 is 0. The molecular formula is C33H42F4N4O3. The van der Waals surface area contributed by atoms with Crippen molar-refractivity contribution in [2.24, 2.45) is 0 Å². The van der Waals surface area contributed by atoms with E-state index in [1.54, 1.807) is 43.3 Å². The van der Waals surface area contributed by atoms with Crippen molar-refractivity contribution in [1.29, 1.82) is 0 Å². The normalized spacial score (nSPS) is 16.9. The standard InChI is InChI=1S/C31H36F4N4O3.C2H6/c1-5-42-30(40)21-11-12-27(29(16-21)41-4)36-14-7-8-22-17-23-25(9-6-10-28(23)39(22)19-31(33,34)35)37-26-13-15-38(20(2)3)18-24(26)32;1-2/h6,9-12,16-17,20,24,26,36-37H,5,13-15,18-19H2,1-4H3;1-2H3. The molecule has 1 aliphatic heterocycles. The Hall–Kier alpha value is -3.91. The van der Waals surface area contributed by atoms with E-state index in [2.05, 4.69) is 27.4 Å². The Kier molecular flexibility index (Phi) is 12.3. The molecule has 0 radical (unpaired) electrons. The Balaban J connectivity index is 0.00000259. The van der Waals surface area contributed by atoms with E-state index in [4.69, 9.17) is 9.47 Å². The molecule has 1 fully saturated rings. The van der Waals surface area contributed by atoms with Crippen LogP contribution >= 0.6 is 0 Å². The molecule has 2 aromatic carbocycles. The van der Waals surface area contributed by atoms with Gasteiger partial charge in [-0.05, 0) is 69.5 Å². The zero-order valence-electron chi connectivity index (χ0n) is 26.1. The molecule has 7 nitrogen and oxygen atoms in total. The van der Waals surface area contributed by atoms with Crippen molar-refractivity contribution in [1.82, 2.24) is 9.47 Å². The Bertz CT molecular complexity index is 1460. The Morgan fingerprint density at radius 3 is 2.52 bits per heavy atom. The summed E-state index contributed by atoms with van der Waals surface area (Å²) in [6.07, 6.45) is -4.99. The number of fused-ring (bicyclic) bond motifs is 1. The molecule has 1 aromatic heterocycles. The first-order valence-electron chi connectivity index (χ1n) is 14.9. The first-order valence-corrected chi connectivity index (χ1v) is 14.9. The van der Waals surface area contributed by atoms with E-state index in [0.29, 0.717) is 46.6 Å². The molecule has 44 heavy (non-hydrogen) atoms. The number of anilines is 2. The molecule has 2 N–H and O–H groups in total. The van der Waals surface area contributed by atoms with Gasteiger partial charge < -0.3 is 24.7 Å². The highest BCUT2D eigenvalue weighted by Gasteiger charge is 2.32. The number of hydrogen-bond donors (Lipinski definition) is 2. The van der Waals surface area contributed by atoms with Gasteiger partial charge in [-0.2, -0.15) is 13.2 Å². The number of rotatable bonds is 9. The summed E-state index contributed by atoms with van der Waals surface area (Å²) in [7, 11) is 1.46. The Morgan fingerprint density at radius 2 is 1.89 bits per heavy atom. The van der Waals surface area contributed by atoms with Crippen LogP contribution in [0.2, 0.25) is 0 Å². The lowest BCUT2D eigenvalue weighted by Gasteiger charge is -2.37. The highest BCUT2D eigenvalue weighted by molar-refractivity contribution is 5.94. The van der Waals surface area contributed by atoms with Crippen LogP contribution < -0.4 is 15.4 Å². The predicted octanol–water partition coefficient (Wildman–Crippen LogP) is 7.11. The number of likely N-dealkylation sites (tertiary alicyclic amines) is 1. The molecule has 0 aliphatic carbocycles. The number of esters is 1. The van der Waals surface area contributed by atoms with Gasteiger partial charge in [0.25, 0.3) is 0 Å². The fourth-order valence-corrected chi connectivity index (χ4v) is 5.08. The van der Waals surface area contributed by atoms with Gasteiger partial charge >= 0.3 is 12.1 Å². The van der Waals surface area contributed by atoms with E-state index >= 15 is 4.39 Å². The lowest BCUT2D eigenvalue weighted by molar-refractivity contribution is -0.140. The van der Waals surface area contributed by atoms with Gasteiger partial charge in [-0.3, -0.25) is 4.90 Å². The fraction of sp³-hybridized carbons (Fsp3) is 0.485. The summed E-state index contributed by atoms with van der Waals surface area (Å²) in [5.41, 5.74) is 2.02. The van der Waals surface area contributed by atoms with E-state index in [-0.39, 0.29) is 24.9 Å². The second-order valence-electron chi connectivity index (χ2n) is 10.4. The summed E-state index contributed by atoms with van der Waals surface area (Å²) in [6.45, 7) is 9.95. The van der Waals surface area contributed by atoms with Gasteiger partial charge in [-0.15, -0.1) is 0 Å². The van der Waals surface area contributed by atoms with Crippen molar-refractivity contribution in [3.63, 3.8) is 0 Å². The second kappa shape index (κ2) is 15.7. The van der Waals surface area contributed by atoms with Crippen LogP contribution in [0.15, 0.2) is 42.5 Å². The number of nitrogens with zero attached hydrogens (tertiary/aromatic N) is 2. The zero-order chi connectivity index (χ0) is 32.4. The summed E-state index contributed by atoms with van der Waals surface area (Å²) < 4.78 is 67.3. The van der Waals surface area contributed by atoms with Crippen molar-refractivity contribution < 1.29 is 31.8 Å². The third-order valence-corrected chi connectivity index (χ3v) is 7.22. The number of aromatic nitrogens is 1. The van der Waals surface area contributed by atoms with Crippen molar-refractivity contribution in [3.8, 4) is 17.6 Å². The van der Waals surface area contributed by atoms with Crippen molar-refractivity contribution in [2.75, 3.05) is 44.0 Å². The van der Waals surface area contributed by atoms with E-state index in [1.165, 1.54) is 13.2 Å². The molecule has 4 rings (SSSR count). The predicted molar refractivity (Wildman–Crippen MR) is 167 cm³/mol. The van der Waals surface area contributed by atoms with Crippen LogP contribution in [-0.4, -0.2) is 73.2 Å². The monoisotopic (exact) mass is 618 g/mol. The van der Waals surface area contributed by atoms with Gasteiger partial charge in [0.1, 0.15) is 18.5 Å². The maximum Gasteiger partial charge on any atom is 0.406 e. The third kappa shape index (κ3) is 8.82. The minimum absolute atomic E-state index is 0.103. The van der Waals surface area contributed by atoms with Crippen LogP contribution in [0, 0.1) is 11.8 Å². The van der Waals surface area contributed by atoms with Crippen molar-refractivity contribution in [2.45, 2.75) is 72.0 Å². The van der Waals surface area contributed by atoms with Crippen LogP contribution in [0.1, 0.15) is 57.1 Å². The van der Waals surface area contributed by atoms with Crippen molar-refractivity contribution in [3.05, 3.63) is 53.7 Å². The lowest BCUT2D eigenvalue weighted by Crippen LogP contribution is -2.50. The van der Waals surface area contributed by atoms with Crippen LogP contribution in [0.5, 0.6) is 5.75 Å². The number of nitrogens with one attached hydrogen (secondary N) is 2. The maximum absolute atomic E-state index is 15.0. The zero-order valence-corrected chi connectivity index (χ0v) is 26.1. The van der Waals surface area contributed by atoms with Crippen LogP contribution in [-0.2, 0) is 11.3 Å². The average Bonchev–Trinajstić information content (AvgIpc) is 3.33. The largest absolute Gasteiger partial charge is 0.495 e. The van der Waals surface area contributed by atoms with Gasteiger partial charge in [0, 0.05) is 30.2 Å². The summed E-state index contributed by atoms with van der Waals surface area (Å²) in [6, 6.07) is 11.2. The minimum Gasteiger partial charge on any atom is -0.495 e. The number of carbonyl (C=O) groups excluding carboxylic acids is 1. The summed E-state index contributed by atoms with van der Waals surface area (Å²) in [5, 5.41) is 6.88. The van der Waals surface area contributed by atoms with Gasteiger partial charge in [-0.1, -0.05) is 25.8 Å². The SMILES string of the molecule is CC.CCOC(=O)c1ccc(NCC#Cc2cc3c(NC4CCN(C(C)C)CC4F)cccc3n2CC(F)(F)F)c(OC)c1. The molecule has 2 atom stereocenters. The maximum atomic E-state index is 15.0. The lowest BCUT2D eigenvalue weighted by atomic mass is 10.0. The highest BCUT2D eigenvalue weighted by Crippen LogP contribution is 2.32. The van der Waals surface area contributed by atoms with Gasteiger partial charge in [0.15, 0.2) is 0 Å². The van der Waals surface area contributed by atoms with Crippen molar-refractivity contribution >= 4 is 28.2 Å². The molecule has 2 heterocycles. The number of alkyl halides is 4. The molecule has 11 heteroatoms. The van der Waals surface area contributed by atoms with E-state index in [1.807, 2.05) is 27.7 Å². The smallest absolute Gasteiger partial charge is 0.406 e. The first kappa shape index (κ1) is 34.6. The van der Waals surface area contributed by atoms with Gasteiger partial charge in [0.05, 0.1) is 48.8 Å². The molecule has 0 saturated carbocycles. The first-order chi connectivity index (χ1) is 21.0. The van der Waals surface area contributed by atoms with Crippen LogP contribution in [0.3, 0.4) is 0 Å². The summed E-state index contributed by atoms with van der Waals surface area (Å²) in [5.74, 6) is 5.67. The molecule has 0 bridgehead atoms. The number of halogens is 4. The third-order valence-electron chi connectivity index (χ3n) is 7.22. The number of ether oxygens (including phenoxy) is 2. The average molecular weight is 619 g/mol. The summed E-state index contributed by atoms with van der Waals surface area (Å²) in [4.78, 5) is 14.1. The minimum atomic E-state index is -4.47. The van der Waals surface area contributed by atoms with E-state index in [9.17, 15) is 18.0 Å². The molecule has 3 aromatic rings. The molecule has 0 amide bonds. The molecule has 1 aliphatic rings.